The average molecular weight is 529 g/mol. The number of carbonyl (C=O) groups is 4. The van der Waals surface area contributed by atoms with Crippen molar-refractivity contribution in [1.29, 1.82) is 0 Å². The monoisotopic (exact) mass is 528 g/mol. The molecule has 0 heterocycles. The minimum absolute atomic E-state index is 0.0466. The van der Waals surface area contributed by atoms with Gasteiger partial charge in [-0.15, -0.1) is 0 Å². The number of ether oxygens (including phenoxy) is 1. The summed E-state index contributed by atoms with van der Waals surface area (Å²) in [4.78, 5) is 48.6. The third-order valence-corrected chi connectivity index (χ3v) is 5.73. The molecule has 11 heteroatoms. The van der Waals surface area contributed by atoms with E-state index >= 15 is 0 Å². The lowest BCUT2D eigenvalue weighted by Crippen LogP contribution is -2.53. The van der Waals surface area contributed by atoms with Gasteiger partial charge in [0, 0.05) is 12.5 Å². The number of alkyl carbamates (subject to hydrolysis) is 1. The summed E-state index contributed by atoms with van der Waals surface area (Å²) in [7, 11) is 0. The number of aromatic hydroxyl groups is 1. The zero-order chi connectivity index (χ0) is 28.2. The summed E-state index contributed by atoms with van der Waals surface area (Å²) >= 11 is 0. The van der Waals surface area contributed by atoms with E-state index in [-0.39, 0.29) is 36.8 Å². The zero-order valence-corrected chi connectivity index (χ0v) is 21.8. The van der Waals surface area contributed by atoms with Crippen molar-refractivity contribution < 1.29 is 34.1 Å². The Labute approximate surface area is 221 Å². The summed E-state index contributed by atoms with van der Waals surface area (Å²) in [6, 6.07) is 11.3. The molecule has 38 heavy (non-hydrogen) atoms. The van der Waals surface area contributed by atoms with Crippen molar-refractivity contribution in [3.8, 4) is 5.75 Å². The third kappa shape index (κ3) is 10.1. The minimum Gasteiger partial charge on any atom is -0.506 e. The Hall–Kier alpha value is -4.12. The minimum atomic E-state index is -0.994. The van der Waals surface area contributed by atoms with Gasteiger partial charge < -0.3 is 36.6 Å². The van der Waals surface area contributed by atoms with E-state index in [9.17, 15) is 24.3 Å². The van der Waals surface area contributed by atoms with Crippen LogP contribution >= 0.6 is 0 Å². The van der Waals surface area contributed by atoms with Crippen LogP contribution in [0.4, 0.5) is 10.5 Å². The molecule has 0 bridgehead atoms. The predicted octanol–water partition coefficient (Wildman–Crippen LogP) is 2.52. The van der Waals surface area contributed by atoms with Crippen LogP contribution in [0, 0.1) is 5.92 Å². The van der Waals surface area contributed by atoms with Crippen LogP contribution in [0.3, 0.4) is 0 Å². The summed E-state index contributed by atoms with van der Waals surface area (Å²) < 4.78 is 5.19. The fourth-order valence-corrected chi connectivity index (χ4v) is 3.56. The van der Waals surface area contributed by atoms with Gasteiger partial charge in [0.15, 0.2) is 0 Å². The highest BCUT2D eigenvalue weighted by atomic mass is 16.5. The van der Waals surface area contributed by atoms with Crippen LogP contribution in [0.2, 0.25) is 0 Å². The van der Waals surface area contributed by atoms with E-state index in [4.69, 9.17) is 15.6 Å². The number of anilines is 1. The van der Waals surface area contributed by atoms with Crippen molar-refractivity contribution in [3.05, 3.63) is 59.7 Å². The maximum atomic E-state index is 12.8. The van der Waals surface area contributed by atoms with Crippen molar-refractivity contribution in [3.63, 3.8) is 0 Å². The normalized spacial score (nSPS) is 13.2. The lowest BCUT2D eigenvalue weighted by Gasteiger charge is -2.23. The number of nitrogens with two attached hydrogens (primary N) is 1. The molecule has 2 rings (SSSR count). The predicted molar refractivity (Wildman–Crippen MR) is 141 cm³/mol. The van der Waals surface area contributed by atoms with E-state index in [1.807, 2.05) is 30.3 Å². The Balaban J connectivity index is 1.94. The average Bonchev–Trinajstić information content (AvgIpc) is 2.87. The van der Waals surface area contributed by atoms with E-state index < -0.39 is 42.0 Å². The number of benzene rings is 2. The molecule has 2 aromatic carbocycles. The second-order valence-corrected chi connectivity index (χ2v) is 9.40. The van der Waals surface area contributed by atoms with E-state index in [0.29, 0.717) is 12.0 Å². The van der Waals surface area contributed by atoms with Gasteiger partial charge in [0.05, 0.1) is 5.69 Å². The number of rotatable bonds is 13. The van der Waals surface area contributed by atoms with Gasteiger partial charge in [-0.3, -0.25) is 14.4 Å². The van der Waals surface area contributed by atoms with E-state index in [1.165, 1.54) is 13.0 Å². The van der Waals surface area contributed by atoms with Crippen LogP contribution in [0.1, 0.15) is 44.7 Å². The molecule has 0 aliphatic carbocycles. The lowest BCUT2D eigenvalue weighted by molar-refractivity contribution is -0.137. The van der Waals surface area contributed by atoms with Gasteiger partial charge >= 0.3 is 12.1 Å². The number of nitrogens with one attached hydrogen (secondary N) is 3. The molecule has 11 nitrogen and oxygen atoms in total. The summed E-state index contributed by atoms with van der Waals surface area (Å²) in [6.45, 7) is 5.01. The Morgan fingerprint density at radius 2 is 1.63 bits per heavy atom. The fraction of sp³-hybridized carbons (Fsp3) is 0.407. The molecule has 0 radical (unpaired) electrons. The van der Waals surface area contributed by atoms with Crippen LogP contribution in [-0.2, 0) is 32.1 Å². The van der Waals surface area contributed by atoms with E-state index in [0.717, 1.165) is 5.56 Å². The van der Waals surface area contributed by atoms with Crippen molar-refractivity contribution in [2.45, 2.75) is 64.8 Å². The third-order valence-electron chi connectivity index (χ3n) is 5.73. The SMILES string of the molecule is CC(C)[C@H](NC(=O)OCc1ccccc1)C(=O)N[C@@H](C)C(=O)Nc1cc(C[C@H](N)CCC(=O)O)ccc1O. The van der Waals surface area contributed by atoms with Gasteiger partial charge in [-0.25, -0.2) is 4.79 Å². The van der Waals surface area contributed by atoms with Gasteiger partial charge in [-0.1, -0.05) is 50.2 Å². The van der Waals surface area contributed by atoms with Gasteiger partial charge in [0.1, 0.15) is 24.4 Å². The molecule has 0 saturated heterocycles. The smallest absolute Gasteiger partial charge is 0.408 e. The summed E-state index contributed by atoms with van der Waals surface area (Å²) in [5, 5.41) is 26.7. The Bertz CT molecular complexity index is 1110. The molecule has 206 valence electrons. The molecular weight excluding hydrogens is 492 g/mol. The van der Waals surface area contributed by atoms with Crippen molar-refractivity contribution in [2.75, 3.05) is 5.32 Å². The molecule has 0 fully saturated rings. The molecule has 0 unspecified atom stereocenters. The van der Waals surface area contributed by atoms with Crippen LogP contribution in [0.5, 0.6) is 5.75 Å². The summed E-state index contributed by atoms with van der Waals surface area (Å²) in [5.41, 5.74) is 7.61. The molecule has 0 aliphatic rings. The highest BCUT2D eigenvalue weighted by molar-refractivity contribution is 5.99. The maximum Gasteiger partial charge on any atom is 0.408 e. The van der Waals surface area contributed by atoms with Crippen molar-refractivity contribution in [2.24, 2.45) is 11.7 Å². The first-order valence-corrected chi connectivity index (χ1v) is 12.3. The number of hydrogen-bond acceptors (Lipinski definition) is 7. The van der Waals surface area contributed by atoms with Crippen LogP contribution in [-0.4, -0.2) is 52.2 Å². The summed E-state index contributed by atoms with van der Waals surface area (Å²) in [5.74, 6) is -2.56. The number of aliphatic carboxylic acids is 1. The van der Waals surface area contributed by atoms with Crippen molar-refractivity contribution >= 4 is 29.6 Å². The van der Waals surface area contributed by atoms with Crippen LogP contribution in [0.15, 0.2) is 48.5 Å². The first kappa shape index (κ1) is 30.1. The van der Waals surface area contributed by atoms with Crippen molar-refractivity contribution in [1.82, 2.24) is 10.6 Å². The zero-order valence-electron chi connectivity index (χ0n) is 21.8. The van der Waals surface area contributed by atoms with Gasteiger partial charge in [-0.2, -0.15) is 0 Å². The first-order chi connectivity index (χ1) is 18.0. The molecule has 0 saturated carbocycles. The molecule has 0 aromatic heterocycles. The molecule has 0 aliphatic heterocycles. The number of amides is 3. The molecule has 2 aromatic rings. The number of carboxylic acid groups (broad SMARTS) is 1. The fourth-order valence-electron chi connectivity index (χ4n) is 3.56. The lowest BCUT2D eigenvalue weighted by atomic mass is 10.0. The number of hydrogen-bond donors (Lipinski definition) is 6. The number of phenolic OH excluding ortho intramolecular Hbond substituents is 1. The molecular formula is C27H36N4O7. The van der Waals surface area contributed by atoms with Gasteiger partial charge in [0.25, 0.3) is 0 Å². The molecule has 0 spiro atoms. The van der Waals surface area contributed by atoms with E-state index in [1.54, 1.807) is 26.0 Å². The molecule has 7 N–H and O–H groups in total. The van der Waals surface area contributed by atoms with Crippen LogP contribution < -0.4 is 21.7 Å². The second-order valence-electron chi connectivity index (χ2n) is 9.40. The van der Waals surface area contributed by atoms with Gasteiger partial charge in [-0.05, 0) is 48.9 Å². The molecule has 3 atom stereocenters. The number of carbonyl (C=O) groups excluding carboxylic acids is 3. The topological polar surface area (TPSA) is 180 Å². The van der Waals surface area contributed by atoms with Crippen LogP contribution in [0.25, 0.3) is 0 Å². The Morgan fingerprint density at radius 1 is 0.947 bits per heavy atom. The second kappa shape index (κ2) is 14.6. The van der Waals surface area contributed by atoms with Gasteiger partial charge in [0.2, 0.25) is 11.8 Å². The first-order valence-electron chi connectivity index (χ1n) is 12.3. The number of phenols is 1. The highest BCUT2D eigenvalue weighted by Gasteiger charge is 2.28. The Kier molecular flexibility index (Phi) is 11.5. The standard InChI is InChI=1S/C27H36N4O7/c1-16(2)24(31-27(37)38-15-18-7-5-4-6-8-18)26(36)29-17(3)25(35)30-21-14-19(9-11-22(21)32)13-20(28)10-12-23(33)34/h4-9,11,14,16-17,20,24,32H,10,12-13,15,28H2,1-3H3,(H,29,36)(H,30,35)(H,31,37)(H,33,34)/t17-,20+,24-/m0/s1. The summed E-state index contributed by atoms with van der Waals surface area (Å²) in [6.07, 6.45) is -0.184. The number of carboxylic acids is 1. The largest absolute Gasteiger partial charge is 0.506 e. The quantitative estimate of drug-likeness (QED) is 0.215. The van der Waals surface area contributed by atoms with E-state index in [2.05, 4.69) is 16.0 Å². The maximum absolute atomic E-state index is 12.8. The highest BCUT2D eigenvalue weighted by Crippen LogP contribution is 2.25. The molecule has 3 amide bonds. The Morgan fingerprint density at radius 3 is 2.26 bits per heavy atom.